The zero-order valence-corrected chi connectivity index (χ0v) is 24.6. The molecule has 0 saturated heterocycles. The van der Waals surface area contributed by atoms with Gasteiger partial charge in [-0.05, 0) is 48.4 Å². The van der Waals surface area contributed by atoms with E-state index in [1.165, 1.54) is 48.4 Å². The number of benzene rings is 4. The van der Waals surface area contributed by atoms with Crippen LogP contribution in [-0.4, -0.2) is 19.4 Å². The van der Waals surface area contributed by atoms with Gasteiger partial charge in [0.1, 0.15) is 0 Å². The third-order valence-electron chi connectivity index (χ3n) is 8.78. The van der Waals surface area contributed by atoms with E-state index in [0.717, 1.165) is 39.9 Å². The second-order valence-corrected chi connectivity index (χ2v) is 12.1. The molecule has 44 heavy (non-hydrogen) atoms. The summed E-state index contributed by atoms with van der Waals surface area (Å²) in [6.45, 7) is 3.76. The van der Waals surface area contributed by atoms with Crippen LogP contribution in [0.3, 0.4) is 0 Å². The van der Waals surface area contributed by atoms with Gasteiger partial charge in [-0.1, -0.05) is 91.6 Å². The summed E-state index contributed by atoms with van der Waals surface area (Å²) in [5.41, 5.74) is 11.0. The molecule has 4 nitrogen and oxygen atoms in total. The molecule has 9 rings (SSSR count). The lowest BCUT2D eigenvalue weighted by molar-refractivity contribution is 0.856. The van der Waals surface area contributed by atoms with Crippen molar-refractivity contribution in [2.24, 2.45) is 0 Å². The Labute approximate surface area is 257 Å². The first-order valence-corrected chi connectivity index (χ1v) is 15.7. The van der Waals surface area contributed by atoms with Crippen LogP contribution in [0.15, 0.2) is 127 Å². The number of rotatable bonds is 5. The van der Waals surface area contributed by atoms with Gasteiger partial charge in [0, 0.05) is 38.4 Å². The van der Waals surface area contributed by atoms with Crippen molar-refractivity contribution in [1.82, 2.24) is 19.4 Å². The highest BCUT2D eigenvalue weighted by molar-refractivity contribution is 7.18. The molecule has 1 aliphatic rings. The van der Waals surface area contributed by atoms with Gasteiger partial charge in [-0.15, -0.1) is 11.3 Å². The molecule has 4 heterocycles. The van der Waals surface area contributed by atoms with Crippen molar-refractivity contribution in [3.63, 3.8) is 0 Å². The Balaban J connectivity index is 1.20. The van der Waals surface area contributed by atoms with Crippen molar-refractivity contribution >= 4 is 82.2 Å². The van der Waals surface area contributed by atoms with Gasteiger partial charge >= 0.3 is 0 Å². The van der Waals surface area contributed by atoms with E-state index < -0.39 is 0 Å². The Hall–Kier alpha value is -5.39. The van der Waals surface area contributed by atoms with Crippen LogP contribution in [0, 0.1) is 0 Å². The largest absolute Gasteiger partial charge is 0.308 e. The summed E-state index contributed by atoms with van der Waals surface area (Å²) in [7, 11) is 0. The maximum atomic E-state index is 5.03. The molecule has 0 fully saturated rings. The smallest absolute Gasteiger partial charge is 0.160 e. The van der Waals surface area contributed by atoms with Gasteiger partial charge in [0.2, 0.25) is 0 Å². The van der Waals surface area contributed by atoms with E-state index in [0.29, 0.717) is 0 Å². The third kappa shape index (κ3) is 3.73. The molecular formula is C39H26N4S. The summed E-state index contributed by atoms with van der Waals surface area (Å²) >= 11 is 1.73. The van der Waals surface area contributed by atoms with Gasteiger partial charge in [-0.3, -0.25) is 0 Å². The first kappa shape index (κ1) is 25.1. The standard InChI is InChI=1S/C39H26N4S/c1-2-3-4-5-15-31-28-14-6-8-16-32(28)42-39(41-31)26-12-10-11-24(20-26)25-18-19-35-30(21-25)36-37-29(22-33-38(36)44-23-40-33)27-13-7-9-17-34(27)43(35)37/h2-10,12-24H,1,11H2/b4-3-,15-5+. The number of nitrogens with zero attached hydrogens (tertiary/aromatic N) is 4. The normalized spacial score (nSPS) is 15.8. The van der Waals surface area contributed by atoms with Gasteiger partial charge < -0.3 is 4.40 Å². The number of para-hydroxylation sites is 2. The predicted molar refractivity (Wildman–Crippen MR) is 187 cm³/mol. The van der Waals surface area contributed by atoms with Crippen LogP contribution >= 0.6 is 11.3 Å². The Bertz CT molecular complexity index is 2560. The second-order valence-electron chi connectivity index (χ2n) is 11.3. The van der Waals surface area contributed by atoms with E-state index in [9.17, 15) is 0 Å². The molecule has 4 aromatic heterocycles. The molecule has 0 bridgehead atoms. The van der Waals surface area contributed by atoms with Crippen molar-refractivity contribution < 1.29 is 0 Å². The fraction of sp³-hybridized carbons (Fsp3) is 0.0513. The molecule has 0 radical (unpaired) electrons. The molecule has 0 N–H and O–H groups in total. The number of thiazole rings is 1. The first-order chi connectivity index (χ1) is 21.8. The van der Waals surface area contributed by atoms with Gasteiger partial charge in [0.15, 0.2) is 5.82 Å². The predicted octanol–water partition coefficient (Wildman–Crippen LogP) is 10.3. The molecule has 5 heteroatoms. The van der Waals surface area contributed by atoms with Crippen molar-refractivity contribution in [1.29, 1.82) is 0 Å². The molecule has 8 aromatic rings. The molecule has 0 saturated carbocycles. The molecular weight excluding hydrogens is 557 g/mol. The molecule has 0 amide bonds. The maximum absolute atomic E-state index is 5.03. The average molecular weight is 583 g/mol. The molecule has 4 aromatic carbocycles. The second kappa shape index (κ2) is 9.83. The number of aromatic nitrogens is 4. The van der Waals surface area contributed by atoms with Crippen LogP contribution in [0.5, 0.6) is 0 Å². The van der Waals surface area contributed by atoms with Crippen LogP contribution in [0.2, 0.25) is 0 Å². The summed E-state index contributed by atoms with van der Waals surface area (Å²) in [4.78, 5) is 14.7. The van der Waals surface area contributed by atoms with Crippen molar-refractivity contribution in [3.8, 4) is 0 Å². The van der Waals surface area contributed by atoms with Crippen molar-refractivity contribution in [2.75, 3.05) is 0 Å². The Morgan fingerprint density at radius 3 is 2.61 bits per heavy atom. The molecule has 1 unspecified atom stereocenters. The molecule has 0 spiro atoms. The zero-order chi connectivity index (χ0) is 29.2. The SMILES string of the molecule is C=C/C=C\C=C\c1nc(C2=CC(c3ccc4c(c3)c3c5scnc5cc5c6ccccc6n4c53)CC=C2)nc2ccccc12. The Morgan fingerprint density at radius 1 is 0.818 bits per heavy atom. The van der Waals surface area contributed by atoms with Crippen LogP contribution in [0.1, 0.15) is 29.4 Å². The third-order valence-corrected chi connectivity index (χ3v) is 9.64. The van der Waals surface area contributed by atoms with E-state index in [1.807, 2.05) is 41.9 Å². The zero-order valence-electron chi connectivity index (χ0n) is 23.8. The summed E-state index contributed by atoms with van der Waals surface area (Å²) < 4.78 is 3.70. The van der Waals surface area contributed by atoms with Crippen molar-refractivity contribution in [2.45, 2.75) is 12.3 Å². The van der Waals surface area contributed by atoms with Gasteiger partial charge in [0.25, 0.3) is 0 Å². The monoisotopic (exact) mass is 582 g/mol. The summed E-state index contributed by atoms with van der Waals surface area (Å²) in [5.74, 6) is 0.967. The maximum Gasteiger partial charge on any atom is 0.160 e. The summed E-state index contributed by atoms with van der Waals surface area (Å²) in [5, 5.41) is 6.18. The van der Waals surface area contributed by atoms with Crippen LogP contribution in [-0.2, 0) is 0 Å². The van der Waals surface area contributed by atoms with E-state index >= 15 is 0 Å². The molecule has 0 aliphatic heterocycles. The van der Waals surface area contributed by atoms with Gasteiger partial charge in [0.05, 0.1) is 43.5 Å². The van der Waals surface area contributed by atoms with E-state index in [1.54, 1.807) is 17.4 Å². The highest BCUT2D eigenvalue weighted by atomic mass is 32.1. The molecule has 1 aliphatic carbocycles. The number of allylic oxidation sites excluding steroid dienone is 8. The highest BCUT2D eigenvalue weighted by Crippen LogP contribution is 2.45. The fourth-order valence-electron chi connectivity index (χ4n) is 6.84. The minimum atomic E-state index is 0.220. The van der Waals surface area contributed by atoms with Crippen LogP contribution in [0.4, 0.5) is 0 Å². The Kier molecular flexibility index (Phi) is 5.62. The lowest BCUT2D eigenvalue weighted by Gasteiger charge is -2.18. The fourth-order valence-corrected chi connectivity index (χ4v) is 7.66. The molecule has 1 atom stereocenters. The van der Waals surface area contributed by atoms with E-state index in [2.05, 4.69) is 89.9 Å². The topological polar surface area (TPSA) is 43.1 Å². The lowest BCUT2D eigenvalue weighted by atomic mass is 9.88. The van der Waals surface area contributed by atoms with Crippen LogP contribution < -0.4 is 0 Å². The lowest BCUT2D eigenvalue weighted by Crippen LogP contribution is -2.03. The highest BCUT2D eigenvalue weighted by Gasteiger charge is 2.22. The number of hydrogen-bond acceptors (Lipinski definition) is 4. The number of fused-ring (bicyclic) bond motifs is 9. The Morgan fingerprint density at radius 2 is 1.68 bits per heavy atom. The minimum absolute atomic E-state index is 0.220. The molecule has 208 valence electrons. The van der Waals surface area contributed by atoms with Crippen LogP contribution in [0.25, 0.3) is 70.9 Å². The quantitative estimate of drug-likeness (QED) is 0.190. The van der Waals surface area contributed by atoms with Gasteiger partial charge in [-0.2, -0.15) is 0 Å². The summed E-state index contributed by atoms with van der Waals surface area (Å²) in [6, 6.07) is 26.2. The summed E-state index contributed by atoms with van der Waals surface area (Å²) in [6.07, 6.45) is 17.4. The van der Waals surface area contributed by atoms with Gasteiger partial charge in [-0.25, -0.2) is 15.0 Å². The van der Waals surface area contributed by atoms with E-state index in [-0.39, 0.29) is 5.92 Å². The van der Waals surface area contributed by atoms with Crippen molar-refractivity contribution in [3.05, 3.63) is 144 Å². The first-order valence-electron chi connectivity index (χ1n) is 14.8. The average Bonchev–Trinajstić information content (AvgIpc) is 3.77. The number of hydrogen-bond donors (Lipinski definition) is 0. The minimum Gasteiger partial charge on any atom is -0.308 e. The van der Waals surface area contributed by atoms with E-state index in [4.69, 9.17) is 15.0 Å².